The first-order valence-electron chi connectivity index (χ1n) is 6.24. The molecule has 1 N–H and O–H groups in total. The fraction of sp³-hybridized carbons (Fsp3) is 0.500. The number of rotatable bonds is 5. The van der Waals surface area contributed by atoms with Crippen LogP contribution in [0.2, 0.25) is 0 Å². The summed E-state index contributed by atoms with van der Waals surface area (Å²) in [6, 6.07) is 3.41. The van der Waals surface area contributed by atoms with Crippen molar-refractivity contribution in [3.05, 3.63) is 18.0 Å². The topological polar surface area (TPSA) is 95.2 Å². The van der Waals surface area contributed by atoms with Gasteiger partial charge in [-0.25, -0.2) is 0 Å². The highest BCUT2D eigenvalue weighted by Crippen LogP contribution is 2.19. The van der Waals surface area contributed by atoms with Gasteiger partial charge in [-0.2, -0.15) is 4.98 Å². The van der Waals surface area contributed by atoms with Gasteiger partial charge in [-0.3, -0.25) is 0 Å². The Labute approximate surface area is 115 Å². The quantitative estimate of drug-likeness (QED) is 0.839. The minimum absolute atomic E-state index is 0.144. The second-order valence-electron chi connectivity index (χ2n) is 4.81. The summed E-state index contributed by atoms with van der Waals surface area (Å²) < 4.78 is 15.8. The van der Waals surface area contributed by atoms with Crippen molar-refractivity contribution in [1.29, 1.82) is 0 Å². The molecule has 0 aromatic carbocycles. The largest absolute Gasteiger partial charge is 0.480 e. The fourth-order valence-corrected chi connectivity index (χ4v) is 1.78. The number of methoxy groups -OCH3 is 1. The highest BCUT2D eigenvalue weighted by Gasteiger charge is 2.33. The second-order valence-corrected chi connectivity index (χ2v) is 4.81. The van der Waals surface area contributed by atoms with E-state index in [1.807, 2.05) is 6.92 Å². The highest BCUT2D eigenvalue weighted by molar-refractivity contribution is 5.47. The summed E-state index contributed by atoms with van der Waals surface area (Å²) in [6.45, 7) is 3.99. The smallest absolute Gasteiger partial charge is 0.253 e. The molecule has 1 fully saturated rings. The van der Waals surface area contributed by atoms with E-state index in [1.54, 1.807) is 12.1 Å². The zero-order chi connectivity index (χ0) is 14.0. The third-order valence-electron chi connectivity index (χ3n) is 3.09. The SMILES string of the molecule is COc1ccc(-c2noc(COC3(C)CNC3)n2)nn1. The van der Waals surface area contributed by atoms with E-state index in [9.17, 15) is 0 Å². The Balaban J connectivity index is 1.66. The number of aromatic nitrogens is 4. The van der Waals surface area contributed by atoms with E-state index in [1.165, 1.54) is 7.11 Å². The second kappa shape index (κ2) is 5.14. The molecule has 2 aromatic heterocycles. The molecule has 1 aliphatic heterocycles. The summed E-state index contributed by atoms with van der Waals surface area (Å²) in [5, 5.41) is 14.8. The number of ether oxygens (including phenoxy) is 2. The molecule has 3 heterocycles. The van der Waals surface area contributed by atoms with Crippen LogP contribution in [-0.4, -0.2) is 46.1 Å². The first kappa shape index (κ1) is 12.9. The van der Waals surface area contributed by atoms with E-state index in [0.717, 1.165) is 13.1 Å². The average molecular weight is 277 g/mol. The molecule has 0 radical (unpaired) electrons. The van der Waals surface area contributed by atoms with Crippen molar-refractivity contribution < 1.29 is 14.0 Å². The Bertz CT molecular complexity index is 579. The van der Waals surface area contributed by atoms with Crippen LogP contribution in [0.25, 0.3) is 11.5 Å². The maximum absolute atomic E-state index is 5.72. The monoisotopic (exact) mass is 277 g/mol. The minimum atomic E-state index is -0.144. The van der Waals surface area contributed by atoms with Gasteiger partial charge in [0.05, 0.1) is 12.7 Å². The molecule has 0 bridgehead atoms. The molecule has 20 heavy (non-hydrogen) atoms. The van der Waals surface area contributed by atoms with Crippen molar-refractivity contribution in [2.24, 2.45) is 0 Å². The predicted octanol–water partition coefficient (Wildman–Crippen LogP) is 0.414. The molecule has 3 rings (SSSR count). The molecular weight excluding hydrogens is 262 g/mol. The van der Waals surface area contributed by atoms with E-state index < -0.39 is 0 Å². The van der Waals surface area contributed by atoms with Gasteiger partial charge in [-0.15, -0.1) is 10.2 Å². The van der Waals surface area contributed by atoms with E-state index in [0.29, 0.717) is 23.3 Å². The molecule has 1 saturated heterocycles. The standard InChI is InChI=1S/C12H15N5O3/c1-12(6-13-7-12)19-5-10-14-11(17-20-10)8-3-4-9(18-2)16-15-8/h3-4,13H,5-7H2,1-2H3. The Morgan fingerprint density at radius 1 is 1.35 bits per heavy atom. The van der Waals surface area contributed by atoms with Crippen LogP contribution in [0.4, 0.5) is 0 Å². The number of hydrogen-bond acceptors (Lipinski definition) is 8. The predicted molar refractivity (Wildman–Crippen MR) is 67.9 cm³/mol. The zero-order valence-corrected chi connectivity index (χ0v) is 11.3. The number of hydrogen-bond donors (Lipinski definition) is 1. The molecule has 0 saturated carbocycles. The van der Waals surface area contributed by atoms with Gasteiger partial charge in [0.25, 0.3) is 5.89 Å². The molecule has 8 heteroatoms. The Kier molecular flexibility index (Phi) is 3.33. The maximum atomic E-state index is 5.72. The first-order chi connectivity index (χ1) is 9.68. The lowest BCUT2D eigenvalue weighted by molar-refractivity contribution is -0.0841. The lowest BCUT2D eigenvalue weighted by Gasteiger charge is -2.38. The molecule has 0 spiro atoms. The van der Waals surface area contributed by atoms with Crippen LogP contribution in [0.5, 0.6) is 5.88 Å². The molecule has 0 aliphatic carbocycles. The Morgan fingerprint density at radius 2 is 2.20 bits per heavy atom. The van der Waals surface area contributed by atoms with E-state index in [4.69, 9.17) is 14.0 Å². The highest BCUT2D eigenvalue weighted by atomic mass is 16.5. The van der Waals surface area contributed by atoms with Crippen LogP contribution in [0.3, 0.4) is 0 Å². The van der Waals surface area contributed by atoms with Crippen molar-refractivity contribution in [1.82, 2.24) is 25.7 Å². The van der Waals surface area contributed by atoms with Crippen molar-refractivity contribution in [3.8, 4) is 17.4 Å². The van der Waals surface area contributed by atoms with Crippen molar-refractivity contribution in [2.45, 2.75) is 19.1 Å². The van der Waals surface area contributed by atoms with Crippen LogP contribution in [0.15, 0.2) is 16.7 Å². The first-order valence-corrected chi connectivity index (χ1v) is 6.24. The Morgan fingerprint density at radius 3 is 2.80 bits per heavy atom. The van der Waals surface area contributed by atoms with E-state index in [2.05, 4.69) is 25.7 Å². The van der Waals surface area contributed by atoms with Crippen LogP contribution >= 0.6 is 0 Å². The molecule has 106 valence electrons. The normalized spacial score (nSPS) is 16.7. The summed E-state index contributed by atoms with van der Waals surface area (Å²) in [4.78, 5) is 4.23. The summed E-state index contributed by atoms with van der Waals surface area (Å²) >= 11 is 0. The van der Waals surface area contributed by atoms with Crippen molar-refractivity contribution in [3.63, 3.8) is 0 Å². The fourth-order valence-electron chi connectivity index (χ4n) is 1.78. The third kappa shape index (κ3) is 2.61. The third-order valence-corrected chi connectivity index (χ3v) is 3.09. The Hall–Kier alpha value is -2.06. The average Bonchev–Trinajstić information content (AvgIpc) is 2.92. The lowest BCUT2D eigenvalue weighted by atomic mass is 10.0. The number of nitrogens with one attached hydrogen (secondary N) is 1. The van der Waals surface area contributed by atoms with Crippen LogP contribution in [-0.2, 0) is 11.3 Å². The zero-order valence-electron chi connectivity index (χ0n) is 11.3. The van der Waals surface area contributed by atoms with E-state index >= 15 is 0 Å². The summed E-state index contributed by atoms with van der Waals surface area (Å²) in [5.41, 5.74) is 0.381. The molecule has 0 unspecified atom stereocenters. The maximum Gasteiger partial charge on any atom is 0.253 e. The molecule has 1 aliphatic rings. The molecular formula is C12H15N5O3. The van der Waals surface area contributed by atoms with Gasteiger partial charge in [-0.1, -0.05) is 5.16 Å². The van der Waals surface area contributed by atoms with Crippen LogP contribution in [0, 0.1) is 0 Å². The van der Waals surface area contributed by atoms with Gasteiger partial charge in [0.15, 0.2) is 0 Å². The molecule has 8 nitrogen and oxygen atoms in total. The van der Waals surface area contributed by atoms with Gasteiger partial charge in [-0.05, 0) is 13.0 Å². The van der Waals surface area contributed by atoms with Gasteiger partial charge in [0, 0.05) is 19.2 Å². The molecule has 0 atom stereocenters. The van der Waals surface area contributed by atoms with E-state index in [-0.39, 0.29) is 12.2 Å². The summed E-state index contributed by atoms with van der Waals surface area (Å²) in [6.07, 6.45) is 0. The van der Waals surface area contributed by atoms with Crippen molar-refractivity contribution in [2.75, 3.05) is 20.2 Å². The van der Waals surface area contributed by atoms with Gasteiger partial charge in [0.2, 0.25) is 11.7 Å². The van der Waals surface area contributed by atoms with Gasteiger partial charge >= 0.3 is 0 Å². The minimum Gasteiger partial charge on any atom is -0.480 e. The van der Waals surface area contributed by atoms with Gasteiger partial charge < -0.3 is 19.3 Å². The molecule has 2 aromatic rings. The van der Waals surface area contributed by atoms with Crippen molar-refractivity contribution >= 4 is 0 Å². The molecule has 0 amide bonds. The summed E-state index contributed by atoms with van der Waals surface area (Å²) in [7, 11) is 1.53. The lowest BCUT2D eigenvalue weighted by Crippen LogP contribution is -2.58. The van der Waals surface area contributed by atoms with Gasteiger partial charge in [0.1, 0.15) is 12.3 Å². The summed E-state index contributed by atoms with van der Waals surface area (Å²) in [5.74, 6) is 1.24. The number of nitrogens with zero attached hydrogens (tertiary/aromatic N) is 4. The van der Waals surface area contributed by atoms with Crippen LogP contribution < -0.4 is 10.1 Å². The van der Waals surface area contributed by atoms with Crippen LogP contribution in [0.1, 0.15) is 12.8 Å².